The van der Waals surface area contributed by atoms with Gasteiger partial charge >= 0.3 is 0 Å². The minimum Gasteiger partial charge on any atom is -0.454 e. The van der Waals surface area contributed by atoms with Crippen LogP contribution in [0.25, 0.3) is 6.08 Å². The molecule has 1 N–H and O–H groups in total. The number of carbonyl (C=O) groups excluding carboxylic acids is 2. The van der Waals surface area contributed by atoms with Crippen LogP contribution in [0.5, 0.6) is 11.5 Å². The molecule has 0 unspecified atom stereocenters. The first-order chi connectivity index (χ1) is 14.7. The first-order valence-electron chi connectivity index (χ1n) is 10.1. The molecule has 0 atom stereocenters. The third-order valence-electron chi connectivity index (χ3n) is 5.25. The molecule has 2 heterocycles. The van der Waals surface area contributed by atoms with Crippen molar-refractivity contribution in [1.82, 2.24) is 15.1 Å². The molecule has 1 fully saturated rings. The highest BCUT2D eigenvalue weighted by Crippen LogP contribution is 2.32. The maximum absolute atomic E-state index is 12.4. The van der Waals surface area contributed by atoms with Gasteiger partial charge in [0.2, 0.25) is 12.7 Å². The Morgan fingerprint density at radius 3 is 2.53 bits per heavy atom. The molecule has 2 aliphatic heterocycles. The molecule has 156 valence electrons. The summed E-state index contributed by atoms with van der Waals surface area (Å²) in [6.07, 6.45) is 3.48. The second-order valence-corrected chi connectivity index (χ2v) is 7.23. The summed E-state index contributed by atoms with van der Waals surface area (Å²) in [6, 6.07) is 15.0. The molecule has 0 aliphatic carbocycles. The minimum absolute atomic E-state index is 0.0367. The molecule has 7 heteroatoms. The lowest BCUT2D eigenvalue weighted by Crippen LogP contribution is -2.49. The number of rotatable bonds is 6. The first-order valence-corrected chi connectivity index (χ1v) is 10.1. The smallest absolute Gasteiger partial charge is 0.251 e. The lowest BCUT2D eigenvalue weighted by atomic mass is 10.2. The average molecular weight is 407 g/mol. The second-order valence-electron chi connectivity index (χ2n) is 7.23. The van der Waals surface area contributed by atoms with E-state index in [-0.39, 0.29) is 18.6 Å². The van der Waals surface area contributed by atoms with Crippen LogP contribution in [0.3, 0.4) is 0 Å². The van der Waals surface area contributed by atoms with Gasteiger partial charge in [-0.05, 0) is 29.8 Å². The number of nitrogens with zero attached hydrogens (tertiary/aromatic N) is 2. The molecule has 2 aromatic rings. The summed E-state index contributed by atoms with van der Waals surface area (Å²) in [5, 5.41) is 2.94. The number of fused-ring (bicyclic) bond motifs is 1. The standard InChI is InChI=1S/C23H25N3O4/c27-22(9-6-18-4-2-1-3-5-18)26-14-12-25(13-15-26)11-10-24-23(28)19-7-8-20-21(16-19)30-17-29-20/h1-9,16H,10-15,17H2,(H,24,28)/b9-6+. The van der Waals surface area contributed by atoms with Gasteiger partial charge < -0.3 is 19.7 Å². The Balaban J connectivity index is 1.17. The predicted octanol–water partition coefficient (Wildman–Crippen LogP) is 2.00. The number of carbonyl (C=O) groups is 2. The summed E-state index contributed by atoms with van der Waals surface area (Å²) in [4.78, 5) is 28.8. The van der Waals surface area contributed by atoms with Gasteiger partial charge in [0.1, 0.15) is 0 Å². The van der Waals surface area contributed by atoms with Crippen LogP contribution in [0, 0.1) is 0 Å². The molecule has 2 aliphatic rings. The largest absolute Gasteiger partial charge is 0.454 e. The van der Waals surface area contributed by atoms with Gasteiger partial charge in [0.25, 0.3) is 5.91 Å². The predicted molar refractivity (Wildman–Crippen MR) is 113 cm³/mol. The number of ether oxygens (including phenoxy) is 2. The van der Waals surface area contributed by atoms with E-state index in [9.17, 15) is 9.59 Å². The number of nitrogens with one attached hydrogen (secondary N) is 1. The monoisotopic (exact) mass is 407 g/mol. The van der Waals surface area contributed by atoms with Crippen molar-refractivity contribution in [2.24, 2.45) is 0 Å². The lowest BCUT2D eigenvalue weighted by molar-refractivity contribution is -0.127. The molecule has 1 saturated heterocycles. The zero-order chi connectivity index (χ0) is 20.8. The van der Waals surface area contributed by atoms with Crippen LogP contribution in [0.4, 0.5) is 0 Å². The number of amides is 2. The van der Waals surface area contributed by atoms with Crippen LogP contribution in [0.2, 0.25) is 0 Å². The lowest BCUT2D eigenvalue weighted by Gasteiger charge is -2.34. The Morgan fingerprint density at radius 2 is 1.73 bits per heavy atom. The van der Waals surface area contributed by atoms with Crippen LogP contribution in [0.15, 0.2) is 54.6 Å². The molecule has 0 spiro atoms. The van der Waals surface area contributed by atoms with E-state index >= 15 is 0 Å². The molecule has 4 rings (SSSR count). The Kier molecular flexibility index (Phi) is 6.29. The number of piperazine rings is 1. The maximum Gasteiger partial charge on any atom is 0.251 e. The van der Waals surface area contributed by atoms with Crippen molar-refractivity contribution in [2.75, 3.05) is 46.1 Å². The Hall–Kier alpha value is -3.32. The first kappa shape index (κ1) is 20.0. The highest BCUT2D eigenvalue weighted by Gasteiger charge is 2.20. The van der Waals surface area contributed by atoms with E-state index in [2.05, 4.69) is 10.2 Å². The van der Waals surface area contributed by atoms with Gasteiger partial charge in [-0.15, -0.1) is 0 Å². The van der Waals surface area contributed by atoms with Crippen molar-refractivity contribution in [3.63, 3.8) is 0 Å². The van der Waals surface area contributed by atoms with E-state index in [1.165, 1.54) is 0 Å². The fraction of sp³-hybridized carbons (Fsp3) is 0.304. The van der Waals surface area contributed by atoms with E-state index in [0.29, 0.717) is 36.7 Å². The Bertz CT molecular complexity index is 921. The highest BCUT2D eigenvalue weighted by molar-refractivity contribution is 5.95. The van der Waals surface area contributed by atoms with Crippen LogP contribution < -0.4 is 14.8 Å². The van der Waals surface area contributed by atoms with Crippen molar-refractivity contribution < 1.29 is 19.1 Å². The molecule has 0 radical (unpaired) electrons. The SMILES string of the molecule is O=C(NCCN1CCN(C(=O)/C=C/c2ccccc2)CC1)c1ccc2c(c1)OCO2. The molecule has 0 aromatic heterocycles. The van der Waals surface area contributed by atoms with E-state index in [1.807, 2.05) is 41.3 Å². The normalized spacial score (nSPS) is 16.1. The van der Waals surface area contributed by atoms with Crippen LogP contribution in [0.1, 0.15) is 15.9 Å². The summed E-state index contributed by atoms with van der Waals surface area (Å²) in [5.41, 5.74) is 1.57. The highest BCUT2D eigenvalue weighted by atomic mass is 16.7. The van der Waals surface area contributed by atoms with Gasteiger partial charge in [-0.3, -0.25) is 14.5 Å². The summed E-state index contributed by atoms with van der Waals surface area (Å²) < 4.78 is 10.6. The van der Waals surface area contributed by atoms with E-state index in [0.717, 1.165) is 25.2 Å². The van der Waals surface area contributed by atoms with Gasteiger partial charge in [0.15, 0.2) is 11.5 Å². The molecular weight excluding hydrogens is 382 g/mol. The number of hydrogen-bond acceptors (Lipinski definition) is 5. The van der Waals surface area contributed by atoms with Crippen molar-refractivity contribution in [3.8, 4) is 11.5 Å². The average Bonchev–Trinajstić information content (AvgIpc) is 3.26. The van der Waals surface area contributed by atoms with Crippen LogP contribution in [-0.2, 0) is 4.79 Å². The molecule has 0 saturated carbocycles. The summed E-state index contributed by atoms with van der Waals surface area (Å²) >= 11 is 0. The third kappa shape index (κ3) is 4.99. The summed E-state index contributed by atoms with van der Waals surface area (Å²) in [5.74, 6) is 1.17. The van der Waals surface area contributed by atoms with E-state index in [1.54, 1.807) is 24.3 Å². The van der Waals surface area contributed by atoms with Gasteiger partial charge in [-0.1, -0.05) is 30.3 Å². The molecule has 30 heavy (non-hydrogen) atoms. The fourth-order valence-corrected chi connectivity index (χ4v) is 3.50. The van der Waals surface area contributed by atoms with Crippen LogP contribution >= 0.6 is 0 Å². The van der Waals surface area contributed by atoms with E-state index < -0.39 is 0 Å². The third-order valence-corrected chi connectivity index (χ3v) is 5.25. The minimum atomic E-state index is -0.131. The molecular formula is C23H25N3O4. The Labute approximate surface area is 175 Å². The van der Waals surface area contributed by atoms with Crippen LogP contribution in [-0.4, -0.2) is 67.7 Å². The van der Waals surface area contributed by atoms with Crippen molar-refractivity contribution >= 4 is 17.9 Å². The van der Waals surface area contributed by atoms with Crippen molar-refractivity contribution in [2.45, 2.75) is 0 Å². The maximum atomic E-state index is 12.4. The molecule has 2 amide bonds. The molecule has 2 aromatic carbocycles. The topological polar surface area (TPSA) is 71.1 Å². The molecule has 7 nitrogen and oxygen atoms in total. The van der Waals surface area contributed by atoms with Crippen molar-refractivity contribution in [1.29, 1.82) is 0 Å². The quantitative estimate of drug-likeness (QED) is 0.742. The van der Waals surface area contributed by atoms with Gasteiger partial charge in [-0.2, -0.15) is 0 Å². The van der Waals surface area contributed by atoms with Gasteiger partial charge in [0, 0.05) is 50.9 Å². The molecule has 0 bridgehead atoms. The van der Waals surface area contributed by atoms with Crippen molar-refractivity contribution in [3.05, 3.63) is 65.7 Å². The Morgan fingerprint density at radius 1 is 0.967 bits per heavy atom. The summed E-state index contributed by atoms with van der Waals surface area (Å²) in [6.45, 7) is 4.46. The fourth-order valence-electron chi connectivity index (χ4n) is 3.50. The summed E-state index contributed by atoms with van der Waals surface area (Å²) in [7, 11) is 0. The second kappa shape index (κ2) is 9.45. The van der Waals surface area contributed by atoms with Gasteiger partial charge in [-0.25, -0.2) is 0 Å². The van der Waals surface area contributed by atoms with Gasteiger partial charge in [0.05, 0.1) is 0 Å². The zero-order valence-corrected chi connectivity index (χ0v) is 16.8. The van der Waals surface area contributed by atoms with E-state index in [4.69, 9.17) is 9.47 Å². The number of hydrogen-bond donors (Lipinski definition) is 1. The zero-order valence-electron chi connectivity index (χ0n) is 16.8. The number of benzene rings is 2.